The number of carbonyl (C=O) groups excluding carboxylic acids is 1. The van der Waals surface area contributed by atoms with Crippen LogP contribution in [0.4, 0.5) is 5.69 Å². The minimum Gasteiger partial charge on any atom is -0.495 e. The molecule has 0 spiro atoms. The second kappa shape index (κ2) is 8.47. The van der Waals surface area contributed by atoms with E-state index in [9.17, 15) is 9.59 Å². The van der Waals surface area contributed by atoms with E-state index in [0.717, 1.165) is 22.2 Å². The van der Waals surface area contributed by atoms with Crippen molar-refractivity contribution < 1.29 is 9.53 Å². The van der Waals surface area contributed by atoms with Gasteiger partial charge in [0.05, 0.1) is 30.4 Å². The van der Waals surface area contributed by atoms with Crippen molar-refractivity contribution in [3.05, 3.63) is 99.6 Å². The first-order chi connectivity index (χ1) is 16.5. The number of aromatic nitrogens is 4. The van der Waals surface area contributed by atoms with E-state index >= 15 is 0 Å². The molecule has 170 valence electrons. The summed E-state index contributed by atoms with van der Waals surface area (Å²) in [7, 11) is 1.53. The van der Waals surface area contributed by atoms with E-state index in [1.54, 1.807) is 22.8 Å². The third-order valence-electron chi connectivity index (χ3n) is 5.84. The lowest BCUT2D eigenvalue weighted by molar-refractivity contribution is 0.101. The fraction of sp³-hybridized carbons (Fsp3) is 0.154. The molecule has 3 aromatic carbocycles. The van der Waals surface area contributed by atoms with Crippen LogP contribution in [0.1, 0.15) is 27.3 Å². The molecule has 0 aliphatic carbocycles. The smallest absolute Gasteiger partial charge is 0.296 e. The zero-order chi connectivity index (χ0) is 23.8. The quantitative estimate of drug-likeness (QED) is 0.435. The zero-order valence-electron chi connectivity index (χ0n) is 19.1. The van der Waals surface area contributed by atoms with E-state index in [4.69, 9.17) is 4.74 Å². The van der Waals surface area contributed by atoms with Crippen molar-refractivity contribution in [2.24, 2.45) is 0 Å². The number of rotatable bonds is 5. The predicted octanol–water partition coefficient (Wildman–Crippen LogP) is 3.97. The highest BCUT2D eigenvalue weighted by Gasteiger charge is 2.20. The third kappa shape index (κ3) is 3.69. The van der Waals surface area contributed by atoms with Crippen LogP contribution < -0.4 is 15.6 Å². The minimum atomic E-state index is -0.529. The van der Waals surface area contributed by atoms with Gasteiger partial charge in [-0.3, -0.25) is 14.2 Å². The average Bonchev–Trinajstić information content (AvgIpc) is 3.29. The normalized spacial score (nSPS) is 11.1. The first kappa shape index (κ1) is 21.4. The molecule has 0 fully saturated rings. The topological polar surface area (TPSA) is 90.5 Å². The summed E-state index contributed by atoms with van der Waals surface area (Å²) in [5.74, 6) is -0.113. The van der Waals surface area contributed by atoms with Gasteiger partial charge in [0, 0.05) is 0 Å². The SMILES string of the molecule is COc1ccccc1NC(=O)c1nc2c(=O)n(Cc3ccccc3C)c3cc(C)ccc3n2n1. The molecule has 0 radical (unpaired) electrons. The molecule has 0 aliphatic heterocycles. The van der Waals surface area contributed by atoms with Crippen molar-refractivity contribution in [3.63, 3.8) is 0 Å². The Kier molecular flexibility index (Phi) is 5.33. The highest BCUT2D eigenvalue weighted by molar-refractivity contribution is 6.02. The number of methoxy groups -OCH3 is 1. The van der Waals surface area contributed by atoms with Crippen LogP contribution in [-0.4, -0.2) is 32.2 Å². The number of nitrogens with one attached hydrogen (secondary N) is 1. The van der Waals surface area contributed by atoms with E-state index in [1.165, 1.54) is 11.6 Å². The molecule has 0 saturated carbocycles. The number of ether oxygens (including phenoxy) is 1. The molecule has 1 amide bonds. The molecule has 0 unspecified atom stereocenters. The minimum absolute atomic E-state index is 0.0927. The zero-order valence-corrected chi connectivity index (χ0v) is 19.1. The molecule has 2 aromatic heterocycles. The molecule has 8 heteroatoms. The first-order valence-electron chi connectivity index (χ1n) is 10.8. The van der Waals surface area contributed by atoms with Gasteiger partial charge in [-0.25, -0.2) is 4.52 Å². The van der Waals surface area contributed by atoms with E-state index in [1.807, 2.05) is 62.4 Å². The number of aryl methyl sites for hydroxylation is 2. The fourth-order valence-corrected chi connectivity index (χ4v) is 4.01. The number of anilines is 1. The molecular weight excluding hydrogens is 430 g/mol. The number of carbonyl (C=O) groups is 1. The number of para-hydroxylation sites is 2. The predicted molar refractivity (Wildman–Crippen MR) is 131 cm³/mol. The number of fused-ring (bicyclic) bond motifs is 3. The molecular formula is C26H23N5O3. The summed E-state index contributed by atoms with van der Waals surface area (Å²) in [6, 6.07) is 20.8. The first-order valence-corrected chi connectivity index (χ1v) is 10.8. The highest BCUT2D eigenvalue weighted by atomic mass is 16.5. The Bertz CT molecular complexity index is 1620. The van der Waals surface area contributed by atoms with Crippen LogP contribution in [-0.2, 0) is 6.54 Å². The second-order valence-corrected chi connectivity index (χ2v) is 8.14. The van der Waals surface area contributed by atoms with Crippen LogP contribution in [0.15, 0.2) is 71.5 Å². The van der Waals surface area contributed by atoms with E-state index < -0.39 is 5.91 Å². The molecule has 34 heavy (non-hydrogen) atoms. The van der Waals surface area contributed by atoms with Gasteiger partial charge < -0.3 is 10.1 Å². The third-order valence-corrected chi connectivity index (χ3v) is 5.84. The number of benzene rings is 3. The molecule has 8 nitrogen and oxygen atoms in total. The van der Waals surface area contributed by atoms with Crippen LogP contribution in [0.5, 0.6) is 5.75 Å². The largest absolute Gasteiger partial charge is 0.495 e. The number of hydrogen-bond donors (Lipinski definition) is 1. The summed E-state index contributed by atoms with van der Waals surface area (Å²) in [5.41, 5.74) is 4.82. The summed E-state index contributed by atoms with van der Waals surface area (Å²) < 4.78 is 8.43. The van der Waals surface area contributed by atoms with Gasteiger partial charge in [0.2, 0.25) is 11.5 Å². The van der Waals surface area contributed by atoms with Crippen molar-refractivity contribution in [2.75, 3.05) is 12.4 Å². The Balaban J connectivity index is 1.65. The summed E-state index contributed by atoms with van der Waals surface area (Å²) in [6.45, 7) is 4.38. The molecule has 2 heterocycles. The Hall–Kier alpha value is -4.46. The van der Waals surface area contributed by atoms with E-state index in [0.29, 0.717) is 23.5 Å². The van der Waals surface area contributed by atoms with Crippen LogP contribution in [0.2, 0.25) is 0 Å². The summed E-state index contributed by atoms with van der Waals surface area (Å²) in [5, 5.41) is 7.15. The standard InChI is InChI=1S/C26H23N5O3/c1-16-12-13-20-21(14-16)30(15-18-9-5-4-8-17(18)2)26(33)24-28-23(29-31(20)24)25(32)27-19-10-6-7-11-22(19)34-3/h4-14H,15H2,1-3H3,(H,27,32). The van der Waals surface area contributed by atoms with Gasteiger partial charge in [0.15, 0.2) is 0 Å². The van der Waals surface area contributed by atoms with Crippen molar-refractivity contribution in [3.8, 4) is 5.75 Å². The maximum atomic E-state index is 13.6. The van der Waals surface area contributed by atoms with Crippen molar-refractivity contribution in [2.45, 2.75) is 20.4 Å². The highest BCUT2D eigenvalue weighted by Crippen LogP contribution is 2.24. The monoisotopic (exact) mass is 453 g/mol. The van der Waals surface area contributed by atoms with Gasteiger partial charge in [0.1, 0.15) is 5.75 Å². The van der Waals surface area contributed by atoms with E-state index in [-0.39, 0.29) is 17.0 Å². The van der Waals surface area contributed by atoms with Crippen molar-refractivity contribution in [1.82, 2.24) is 19.2 Å². The number of amides is 1. The Labute approximate surface area is 195 Å². The Morgan fingerprint density at radius 1 is 1.00 bits per heavy atom. The lowest BCUT2D eigenvalue weighted by atomic mass is 10.1. The summed E-state index contributed by atoms with van der Waals surface area (Å²) >= 11 is 0. The van der Waals surface area contributed by atoms with Crippen molar-refractivity contribution >= 4 is 28.3 Å². The number of nitrogens with zero attached hydrogens (tertiary/aromatic N) is 4. The maximum absolute atomic E-state index is 13.6. The molecule has 1 N–H and O–H groups in total. The van der Waals surface area contributed by atoms with Crippen LogP contribution >= 0.6 is 0 Å². The van der Waals surface area contributed by atoms with Gasteiger partial charge in [-0.1, -0.05) is 42.5 Å². The van der Waals surface area contributed by atoms with Crippen molar-refractivity contribution in [1.29, 1.82) is 0 Å². The van der Waals surface area contributed by atoms with Crippen LogP contribution in [0, 0.1) is 13.8 Å². The Morgan fingerprint density at radius 2 is 1.76 bits per heavy atom. The lowest BCUT2D eigenvalue weighted by Gasteiger charge is -2.13. The molecule has 0 saturated heterocycles. The summed E-state index contributed by atoms with van der Waals surface area (Å²) in [6.07, 6.45) is 0. The molecule has 0 bridgehead atoms. The van der Waals surface area contributed by atoms with Crippen LogP contribution in [0.3, 0.4) is 0 Å². The molecule has 0 aliphatic rings. The molecule has 5 rings (SSSR count). The van der Waals surface area contributed by atoms with Crippen LogP contribution in [0.25, 0.3) is 16.7 Å². The number of hydrogen-bond acceptors (Lipinski definition) is 5. The maximum Gasteiger partial charge on any atom is 0.296 e. The lowest BCUT2D eigenvalue weighted by Crippen LogP contribution is -2.24. The fourth-order valence-electron chi connectivity index (χ4n) is 4.01. The second-order valence-electron chi connectivity index (χ2n) is 8.14. The summed E-state index contributed by atoms with van der Waals surface area (Å²) in [4.78, 5) is 30.8. The van der Waals surface area contributed by atoms with Gasteiger partial charge in [0.25, 0.3) is 11.5 Å². The van der Waals surface area contributed by atoms with Gasteiger partial charge >= 0.3 is 0 Å². The van der Waals surface area contributed by atoms with Gasteiger partial charge in [-0.05, 0) is 54.8 Å². The van der Waals surface area contributed by atoms with Gasteiger partial charge in [-0.15, -0.1) is 5.10 Å². The van der Waals surface area contributed by atoms with E-state index in [2.05, 4.69) is 15.4 Å². The average molecular weight is 454 g/mol. The molecule has 0 atom stereocenters. The molecule has 5 aromatic rings. The Morgan fingerprint density at radius 3 is 2.56 bits per heavy atom. The van der Waals surface area contributed by atoms with Gasteiger partial charge in [-0.2, -0.15) is 4.98 Å².